The molecule has 1 fully saturated rings. The van der Waals surface area contributed by atoms with Crippen molar-refractivity contribution in [2.24, 2.45) is 0 Å². The third-order valence-corrected chi connectivity index (χ3v) is 5.34. The largest absolute Gasteiger partial charge is 0.388 e. The zero-order valence-electron chi connectivity index (χ0n) is 10.3. The van der Waals surface area contributed by atoms with E-state index in [1.54, 1.807) is 6.20 Å². The molecule has 2 aromatic rings. The van der Waals surface area contributed by atoms with Crippen LogP contribution >= 0.6 is 31.9 Å². The molecule has 7 heteroatoms. The molecule has 0 unspecified atom stereocenters. The number of nitrogens with zero attached hydrogens (tertiary/aromatic N) is 1. The van der Waals surface area contributed by atoms with Crippen molar-refractivity contribution in [3.05, 3.63) is 32.8 Å². The third kappa shape index (κ3) is 2.28. The number of nitrogens with one attached hydrogen (secondary N) is 1. The molecular weight excluding hydrogens is 392 g/mol. The van der Waals surface area contributed by atoms with Gasteiger partial charge in [0.1, 0.15) is 0 Å². The Kier molecular flexibility index (Phi) is 3.62. The number of fused-ring (bicyclic) bond motifs is 1. The molecule has 1 amide bonds. The first kappa shape index (κ1) is 14.1. The van der Waals surface area contributed by atoms with Crippen molar-refractivity contribution < 1.29 is 15.0 Å². The number of aliphatic hydroxyl groups is 2. The topological polar surface area (TPSA) is 76.6 Å². The van der Waals surface area contributed by atoms with Crippen molar-refractivity contribution in [1.82, 2.24) is 9.88 Å². The van der Waals surface area contributed by atoms with E-state index in [0.29, 0.717) is 5.56 Å². The minimum atomic E-state index is -0.870. The maximum absolute atomic E-state index is 12.5. The number of β-amino-alcohol motifs (C(OH)–C–C–N with tert-alkyl or cyclic N) is 2. The van der Waals surface area contributed by atoms with Crippen LogP contribution in [0, 0.1) is 0 Å². The monoisotopic (exact) mass is 402 g/mol. The molecule has 0 bridgehead atoms. The molecule has 1 aromatic heterocycles. The number of hydrogen-bond donors (Lipinski definition) is 3. The lowest BCUT2D eigenvalue weighted by molar-refractivity contribution is 0.0572. The average Bonchev–Trinajstić information content (AvgIpc) is 2.94. The highest BCUT2D eigenvalue weighted by Gasteiger charge is 2.33. The van der Waals surface area contributed by atoms with Crippen molar-refractivity contribution in [3.63, 3.8) is 0 Å². The molecule has 1 saturated heterocycles. The summed E-state index contributed by atoms with van der Waals surface area (Å²) in [7, 11) is 0. The van der Waals surface area contributed by atoms with Gasteiger partial charge in [-0.05, 0) is 44.0 Å². The summed E-state index contributed by atoms with van der Waals surface area (Å²) in [5.74, 6) is -0.193. The van der Waals surface area contributed by atoms with Crippen LogP contribution in [-0.2, 0) is 0 Å². The fourth-order valence-corrected chi connectivity index (χ4v) is 3.09. The Hall–Kier alpha value is -0.890. The van der Waals surface area contributed by atoms with Gasteiger partial charge in [0.15, 0.2) is 0 Å². The van der Waals surface area contributed by atoms with Crippen LogP contribution in [0.4, 0.5) is 0 Å². The van der Waals surface area contributed by atoms with E-state index in [1.165, 1.54) is 4.90 Å². The molecule has 20 heavy (non-hydrogen) atoms. The number of carbonyl (C=O) groups is 1. The molecule has 0 aliphatic carbocycles. The van der Waals surface area contributed by atoms with Crippen LogP contribution in [0.15, 0.2) is 27.3 Å². The van der Waals surface area contributed by atoms with Crippen LogP contribution in [0.5, 0.6) is 0 Å². The number of amides is 1. The van der Waals surface area contributed by atoms with Gasteiger partial charge in [-0.3, -0.25) is 4.79 Å². The molecule has 5 nitrogen and oxygen atoms in total. The summed E-state index contributed by atoms with van der Waals surface area (Å²) in [6.07, 6.45) is -0.0850. The van der Waals surface area contributed by atoms with Crippen molar-refractivity contribution in [2.75, 3.05) is 13.1 Å². The van der Waals surface area contributed by atoms with E-state index in [9.17, 15) is 15.0 Å². The van der Waals surface area contributed by atoms with Crippen molar-refractivity contribution >= 4 is 48.7 Å². The van der Waals surface area contributed by atoms with Crippen molar-refractivity contribution in [3.8, 4) is 0 Å². The Labute approximate surface area is 131 Å². The minimum absolute atomic E-state index is 0.157. The van der Waals surface area contributed by atoms with Crippen molar-refractivity contribution in [2.45, 2.75) is 12.2 Å². The van der Waals surface area contributed by atoms with Gasteiger partial charge < -0.3 is 20.1 Å². The Balaban J connectivity index is 1.98. The summed E-state index contributed by atoms with van der Waals surface area (Å²) >= 11 is 6.84. The fourth-order valence-electron chi connectivity index (χ4n) is 2.40. The minimum Gasteiger partial charge on any atom is -0.388 e. The fraction of sp³-hybridized carbons (Fsp3) is 0.308. The summed E-state index contributed by atoms with van der Waals surface area (Å²) in [5, 5.41) is 19.9. The molecule has 1 aromatic carbocycles. The number of carbonyl (C=O) groups excluding carboxylic acids is 1. The van der Waals surface area contributed by atoms with E-state index in [0.717, 1.165) is 19.8 Å². The summed E-state index contributed by atoms with van der Waals surface area (Å²) in [6, 6.07) is 3.76. The zero-order chi connectivity index (χ0) is 14.4. The number of benzene rings is 1. The van der Waals surface area contributed by atoms with Crippen LogP contribution < -0.4 is 0 Å². The van der Waals surface area contributed by atoms with E-state index in [4.69, 9.17) is 0 Å². The zero-order valence-corrected chi connectivity index (χ0v) is 13.5. The first-order chi connectivity index (χ1) is 9.47. The van der Waals surface area contributed by atoms with Crippen LogP contribution in [0.3, 0.4) is 0 Å². The average molecular weight is 404 g/mol. The lowest BCUT2D eigenvalue weighted by atomic mass is 10.1. The van der Waals surface area contributed by atoms with Crippen molar-refractivity contribution in [1.29, 1.82) is 0 Å². The van der Waals surface area contributed by atoms with Gasteiger partial charge in [-0.2, -0.15) is 0 Å². The maximum atomic E-state index is 12.5. The number of aliphatic hydroxyl groups excluding tert-OH is 2. The summed E-state index contributed by atoms with van der Waals surface area (Å²) in [5.41, 5.74) is 1.39. The maximum Gasteiger partial charge on any atom is 0.256 e. The van der Waals surface area contributed by atoms with Gasteiger partial charge in [0.25, 0.3) is 5.91 Å². The van der Waals surface area contributed by atoms with Gasteiger partial charge in [-0.1, -0.05) is 0 Å². The molecule has 1 aliphatic heterocycles. The predicted molar refractivity (Wildman–Crippen MR) is 81.6 cm³/mol. The van der Waals surface area contributed by atoms with Crippen LogP contribution in [0.1, 0.15) is 10.4 Å². The van der Waals surface area contributed by atoms with Gasteiger partial charge in [-0.15, -0.1) is 0 Å². The predicted octanol–water partition coefficient (Wildman–Crippen LogP) is 1.87. The first-order valence-corrected chi connectivity index (χ1v) is 7.67. The molecule has 0 radical (unpaired) electrons. The van der Waals surface area contributed by atoms with Crippen LogP contribution in [-0.4, -0.2) is 51.3 Å². The second kappa shape index (κ2) is 5.14. The molecule has 0 saturated carbocycles. The molecule has 0 spiro atoms. The summed E-state index contributed by atoms with van der Waals surface area (Å²) in [4.78, 5) is 17.0. The number of halogens is 2. The van der Waals surface area contributed by atoms with Gasteiger partial charge in [0.05, 0.1) is 17.8 Å². The number of hydrogen-bond acceptors (Lipinski definition) is 3. The molecule has 2 heterocycles. The molecule has 3 rings (SSSR count). The number of likely N-dealkylation sites (tertiary alicyclic amines) is 1. The normalized spacial score (nSPS) is 22.7. The number of H-pyrrole nitrogens is 1. The third-order valence-electron chi connectivity index (χ3n) is 3.50. The Morgan fingerprint density at radius 1 is 1.20 bits per heavy atom. The second-order valence-corrected chi connectivity index (χ2v) is 6.57. The van der Waals surface area contributed by atoms with Gasteiger partial charge in [0.2, 0.25) is 0 Å². The number of aromatic nitrogens is 1. The first-order valence-electron chi connectivity index (χ1n) is 6.09. The van der Waals surface area contributed by atoms with E-state index in [1.807, 2.05) is 12.1 Å². The molecule has 3 N–H and O–H groups in total. The Morgan fingerprint density at radius 2 is 1.80 bits per heavy atom. The van der Waals surface area contributed by atoms with Gasteiger partial charge >= 0.3 is 0 Å². The quantitative estimate of drug-likeness (QED) is 0.680. The van der Waals surface area contributed by atoms with Gasteiger partial charge in [-0.25, -0.2) is 0 Å². The highest BCUT2D eigenvalue weighted by Crippen LogP contribution is 2.30. The highest BCUT2D eigenvalue weighted by molar-refractivity contribution is 9.13. The summed E-state index contributed by atoms with van der Waals surface area (Å²) < 4.78 is 1.76. The molecule has 2 atom stereocenters. The molecule has 1 aliphatic rings. The van der Waals surface area contributed by atoms with E-state index >= 15 is 0 Å². The van der Waals surface area contributed by atoms with E-state index in [-0.39, 0.29) is 19.0 Å². The number of aromatic amines is 1. The van der Waals surface area contributed by atoms with Crippen LogP contribution in [0.2, 0.25) is 0 Å². The van der Waals surface area contributed by atoms with E-state index < -0.39 is 12.2 Å². The smallest absolute Gasteiger partial charge is 0.256 e. The SMILES string of the molecule is O=C(c1c[nH]c2cc(Br)c(Br)cc12)N1C[C@@H](O)[C@@H](O)C1. The van der Waals surface area contributed by atoms with Gasteiger partial charge in [0, 0.05) is 39.1 Å². The van der Waals surface area contributed by atoms with E-state index in [2.05, 4.69) is 36.8 Å². The second-order valence-electron chi connectivity index (χ2n) is 4.86. The lowest BCUT2D eigenvalue weighted by Gasteiger charge is -2.14. The molecular formula is C13H12Br2N2O3. The summed E-state index contributed by atoms with van der Waals surface area (Å²) in [6.45, 7) is 0.314. The highest BCUT2D eigenvalue weighted by atomic mass is 79.9. The van der Waals surface area contributed by atoms with Crippen LogP contribution in [0.25, 0.3) is 10.9 Å². The standard InChI is InChI=1S/C13H12Br2N2O3/c14-8-1-6-7(3-16-10(6)2-9(8)15)13(20)17-4-11(18)12(19)5-17/h1-3,11-12,16,18-19H,4-5H2/t11-,12+. The Morgan fingerprint density at radius 3 is 2.45 bits per heavy atom. The molecule has 106 valence electrons. The number of rotatable bonds is 1. The lowest BCUT2D eigenvalue weighted by Crippen LogP contribution is -2.29. The Bertz CT molecular complexity index is 676.